The predicted molar refractivity (Wildman–Crippen MR) is 58.9 cm³/mol. The number of benzene rings is 1. The van der Waals surface area contributed by atoms with Crippen molar-refractivity contribution in [1.82, 2.24) is 5.32 Å². The van der Waals surface area contributed by atoms with E-state index in [2.05, 4.69) is 5.32 Å². The molecule has 5 heteroatoms. The third kappa shape index (κ3) is 4.00. The van der Waals surface area contributed by atoms with Gasteiger partial charge in [0, 0.05) is 0 Å². The molecule has 86 valence electrons. The number of nitrogens with one attached hydrogen (secondary N) is 1. The first kappa shape index (κ1) is 12.0. The van der Waals surface area contributed by atoms with E-state index in [1.165, 1.54) is 0 Å². The molecular formula is C11H14N2O3. The van der Waals surface area contributed by atoms with Gasteiger partial charge in [0.25, 0.3) is 0 Å². The van der Waals surface area contributed by atoms with E-state index >= 15 is 0 Å². The highest BCUT2D eigenvalue weighted by molar-refractivity contribution is 5.81. The third-order valence-corrected chi connectivity index (χ3v) is 2.18. The van der Waals surface area contributed by atoms with Gasteiger partial charge in [-0.2, -0.15) is 0 Å². The number of amides is 2. The molecule has 0 aliphatic heterocycles. The van der Waals surface area contributed by atoms with Crippen LogP contribution in [0.2, 0.25) is 0 Å². The Labute approximate surface area is 93.3 Å². The quantitative estimate of drug-likeness (QED) is 0.686. The average molecular weight is 222 g/mol. The van der Waals surface area contributed by atoms with Crippen LogP contribution in [0.3, 0.4) is 0 Å². The average Bonchev–Trinajstić information content (AvgIpc) is 2.25. The maximum absolute atomic E-state index is 10.8. The van der Waals surface area contributed by atoms with Gasteiger partial charge in [0.15, 0.2) is 0 Å². The number of carboxylic acid groups (broad SMARTS) is 1. The minimum absolute atomic E-state index is 0.322. The molecule has 1 aromatic carbocycles. The topological polar surface area (TPSA) is 92.4 Å². The molecule has 1 aromatic rings. The number of primary amides is 1. The van der Waals surface area contributed by atoms with Crippen molar-refractivity contribution in [3.8, 4) is 0 Å². The van der Waals surface area contributed by atoms with Crippen molar-refractivity contribution in [2.24, 2.45) is 5.73 Å². The molecule has 0 aliphatic rings. The Balaban J connectivity index is 2.50. The number of carbonyl (C=O) groups excluding carboxylic acids is 1. The number of hydrogen-bond acceptors (Lipinski definition) is 2. The summed E-state index contributed by atoms with van der Waals surface area (Å²) >= 11 is 0. The molecule has 1 unspecified atom stereocenters. The zero-order valence-electron chi connectivity index (χ0n) is 8.72. The Hall–Kier alpha value is -2.04. The van der Waals surface area contributed by atoms with Gasteiger partial charge in [-0.25, -0.2) is 9.59 Å². The Morgan fingerprint density at radius 1 is 1.31 bits per heavy atom. The summed E-state index contributed by atoms with van der Waals surface area (Å²) in [7, 11) is 0. The van der Waals surface area contributed by atoms with E-state index in [9.17, 15) is 9.59 Å². The first-order chi connectivity index (χ1) is 7.59. The molecule has 0 radical (unpaired) electrons. The molecule has 0 aliphatic carbocycles. The first-order valence-electron chi connectivity index (χ1n) is 4.92. The third-order valence-electron chi connectivity index (χ3n) is 2.18. The van der Waals surface area contributed by atoms with E-state index < -0.39 is 18.0 Å². The summed E-state index contributed by atoms with van der Waals surface area (Å²) in [5, 5.41) is 11.0. The number of aliphatic carboxylic acids is 1. The Morgan fingerprint density at radius 2 is 1.94 bits per heavy atom. The van der Waals surface area contributed by atoms with Crippen LogP contribution in [0.1, 0.15) is 12.0 Å². The minimum atomic E-state index is -1.07. The van der Waals surface area contributed by atoms with Crippen molar-refractivity contribution in [3.63, 3.8) is 0 Å². The van der Waals surface area contributed by atoms with Crippen molar-refractivity contribution in [2.45, 2.75) is 18.9 Å². The van der Waals surface area contributed by atoms with Crippen LogP contribution in [0.5, 0.6) is 0 Å². The number of urea groups is 1. The van der Waals surface area contributed by atoms with Crippen molar-refractivity contribution < 1.29 is 14.7 Å². The first-order valence-corrected chi connectivity index (χ1v) is 4.92. The van der Waals surface area contributed by atoms with E-state index in [0.29, 0.717) is 12.8 Å². The van der Waals surface area contributed by atoms with Crippen LogP contribution in [-0.4, -0.2) is 23.1 Å². The highest BCUT2D eigenvalue weighted by Gasteiger charge is 2.17. The van der Waals surface area contributed by atoms with Gasteiger partial charge in [-0.1, -0.05) is 30.3 Å². The summed E-state index contributed by atoms with van der Waals surface area (Å²) in [5.74, 6) is -1.07. The molecule has 0 bridgehead atoms. The van der Waals surface area contributed by atoms with Crippen LogP contribution in [0.25, 0.3) is 0 Å². The van der Waals surface area contributed by atoms with Gasteiger partial charge in [0.2, 0.25) is 0 Å². The second-order valence-electron chi connectivity index (χ2n) is 3.42. The lowest BCUT2D eigenvalue weighted by Crippen LogP contribution is -2.43. The summed E-state index contributed by atoms with van der Waals surface area (Å²) in [4.78, 5) is 21.4. The Kier molecular flexibility index (Phi) is 4.32. The van der Waals surface area contributed by atoms with Crippen molar-refractivity contribution in [2.75, 3.05) is 0 Å². The molecule has 0 saturated heterocycles. The Bertz CT molecular complexity index is 365. The normalized spacial score (nSPS) is 11.8. The van der Waals surface area contributed by atoms with Crippen molar-refractivity contribution in [3.05, 3.63) is 35.9 Å². The zero-order chi connectivity index (χ0) is 12.0. The van der Waals surface area contributed by atoms with E-state index in [1.807, 2.05) is 30.3 Å². The summed E-state index contributed by atoms with van der Waals surface area (Å²) in [5.41, 5.74) is 5.91. The number of hydrogen-bond donors (Lipinski definition) is 3. The van der Waals surface area contributed by atoms with Crippen molar-refractivity contribution in [1.29, 1.82) is 0 Å². The lowest BCUT2D eigenvalue weighted by atomic mass is 10.1. The number of rotatable bonds is 5. The molecule has 0 saturated carbocycles. The smallest absolute Gasteiger partial charge is 0.326 e. The molecule has 0 heterocycles. The van der Waals surface area contributed by atoms with E-state index in [-0.39, 0.29) is 0 Å². The molecule has 2 amide bonds. The van der Waals surface area contributed by atoms with Gasteiger partial charge in [-0.3, -0.25) is 0 Å². The Morgan fingerprint density at radius 3 is 2.44 bits per heavy atom. The van der Waals surface area contributed by atoms with Crippen LogP contribution in [-0.2, 0) is 11.2 Å². The number of aryl methyl sites for hydroxylation is 1. The highest BCUT2D eigenvalue weighted by atomic mass is 16.4. The van der Waals surface area contributed by atoms with Crippen LogP contribution in [0, 0.1) is 0 Å². The molecule has 16 heavy (non-hydrogen) atoms. The lowest BCUT2D eigenvalue weighted by molar-refractivity contribution is -0.139. The van der Waals surface area contributed by atoms with Gasteiger partial charge in [0.1, 0.15) is 6.04 Å². The monoisotopic (exact) mass is 222 g/mol. The highest BCUT2D eigenvalue weighted by Crippen LogP contribution is 2.05. The van der Waals surface area contributed by atoms with Gasteiger partial charge in [-0.05, 0) is 18.4 Å². The maximum atomic E-state index is 10.8. The molecule has 4 N–H and O–H groups in total. The fourth-order valence-corrected chi connectivity index (χ4v) is 1.38. The van der Waals surface area contributed by atoms with Crippen LogP contribution in [0.4, 0.5) is 4.79 Å². The van der Waals surface area contributed by atoms with Gasteiger partial charge < -0.3 is 16.2 Å². The molecule has 1 atom stereocenters. The summed E-state index contributed by atoms with van der Waals surface area (Å²) in [6.07, 6.45) is 0.903. The van der Waals surface area contributed by atoms with Crippen LogP contribution in [0.15, 0.2) is 30.3 Å². The SMILES string of the molecule is NC(=O)NC(CCc1ccccc1)C(=O)O. The zero-order valence-corrected chi connectivity index (χ0v) is 8.72. The number of carboxylic acids is 1. The standard InChI is InChI=1S/C11H14N2O3/c12-11(16)13-9(10(14)15)7-6-8-4-2-1-3-5-8/h1-5,9H,6-7H2,(H,14,15)(H3,12,13,16). The minimum Gasteiger partial charge on any atom is -0.480 e. The summed E-state index contributed by atoms with van der Waals surface area (Å²) in [6, 6.07) is 7.71. The van der Waals surface area contributed by atoms with Crippen molar-refractivity contribution >= 4 is 12.0 Å². The second-order valence-corrected chi connectivity index (χ2v) is 3.42. The second kappa shape index (κ2) is 5.75. The van der Waals surface area contributed by atoms with Gasteiger partial charge in [0.05, 0.1) is 0 Å². The van der Waals surface area contributed by atoms with Crippen LogP contribution >= 0.6 is 0 Å². The van der Waals surface area contributed by atoms with E-state index in [1.54, 1.807) is 0 Å². The lowest BCUT2D eigenvalue weighted by Gasteiger charge is -2.12. The fraction of sp³-hybridized carbons (Fsp3) is 0.273. The molecule has 1 rings (SSSR count). The fourth-order valence-electron chi connectivity index (χ4n) is 1.38. The molecule has 5 nitrogen and oxygen atoms in total. The molecule has 0 spiro atoms. The molecular weight excluding hydrogens is 208 g/mol. The molecule has 0 fully saturated rings. The van der Waals surface area contributed by atoms with Gasteiger partial charge in [-0.15, -0.1) is 0 Å². The van der Waals surface area contributed by atoms with Gasteiger partial charge >= 0.3 is 12.0 Å². The molecule has 0 aromatic heterocycles. The summed E-state index contributed by atoms with van der Waals surface area (Å²) in [6.45, 7) is 0. The largest absolute Gasteiger partial charge is 0.480 e. The predicted octanol–water partition coefficient (Wildman–Crippen LogP) is 0.741. The number of nitrogens with two attached hydrogens (primary N) is 1. The van der Waals surface area contributed by atoms with Crippen LogP contribution < -0.4 is 11.1 Å². The maximum Gasteiger partial charge on any atom is 0.326 e. The summed E-state index contributed by atoms with van der Waals surface area (Å²) < 4.78 is 0. The van der Waals surface area contributed by atoms with E-state index in [4.69, 9.17) is 10.8 Å². The number of carbonyl (C=O) groups is 2. The van der Waals surface area contributed by atoms with E-state index in [0.717, 1.165) is 5.56 Å².